The molecule has 0 aromatic heterocycles. The Morgan fingerprint density at radius 3 is 2.42 bits per heavy atom. The molecule has 2 nitrogen and oxygen atoms in total. The fourth-order valence-corrected chi connectivity index (χ4v) is 1.78. The Labute approximate surface area is 113 Å². The summed E-state index contributed by atoms with van der Waals surface area (Å²) in [5, 5.41) is 2.58. The lowest BCUT2D eigenvalue weighted by Gasteiger charge is -2.12. The molecule has 0 aliphatic heterocycles. The number of nitrogens with one attached hydrogen (secondary N) is 1. The Morgan fingerprint density at radius 2 is 1.74 bits per heavy atom. The van der Waals surface area contributed by atoms with Crippen molar-refractivity contribution in [1.82, 2.24) is 0 Å². The molecular formula is C13H9F3N2S. The number of rotatable bonds is 3. The van der Waals surface area contributed by atoms with Crippen molar-refractivity contribution in [2.24, 2.45) is 5.73 Å². The van der Waals surface area contributed by atoms with E-state index in [1.807, 2.05) is 0 Å². The Morgan fingerprint density at radius 1 is 1.05 bits per heavy atom. The Kier molecular flexibility index (Phi) is 3.71. The lowest BCUT2D eigenvalue weighted by molar-refractivity contribution is 0.498. The summed E-state index contributed by atoms with van der Waals surface area (Å²) in [6.07, 6.45) is 0. The SMILES string of the molecule is NC(=S)c1ccccc1Nc1cc(F)cc(F)c1F. The van der Waals surface area contributed by atoms with E-state index in [1.54, 1.807) is 24.3 Å². The van der Waals surface area contributed by atoms with Crippen molar-refractivity contribution < 1.29 is 13.2 Å². The smallest absolute Gasteiger partial charge is 0.182 e. The van der Waals surface area contributed by atoms with Crippen molar-refractivity contribution in [3.8, 4) is 0 Å². The second kappa shape index (κ2) is 5.27. The number of benzene rings is 2. The van der Waals surface area contributed by atoms with Gasteiger partial charge in [-0.25, -0.2) is 13.2 Å². The molecule has 0 saturated heterocycles. The predicted molar refractivity (Wildman–Crippen MR) is 71.9 cm³/mol. The van der Waals surface area contributed by atoms with E-state index in [9.17, 15) is 13.2 Å². The maximum Gasteiger partial charge on any atom is 0.182 e. The molecule has 3 N–H and O–H groups in total. The van der Waals surface area contributed by atoms with E-state index < -0.39 is 17.5 Å². The molecule has 0 unspecified atom stereocenters. The average molecular weight is 282 g/mol. The van der Waals surface area contributed by atoms with Crippen molar-refractivity contribution in [2.75, 3.05) is 5.32 Å². The zero-order valence-electron chi connectivity index (χ0n) is 9.58. The standard InChI is InChI=1S/C13H9F3N2S/c14-7-5-9(15)12(16)11(6-7)18-10-4-2-1-3-8(10)13(17)19/h1-6,18H,(H2,17,19). The molecule has 2 aromatic carbocycles. The lowest BCUT2D eigenvalue weighted by Crippen LogP contribution is -2.12. The number of anilines is 2. The summed E-state index contributed by atoms with van der Waals surface area (Å²) in [7, 11) is 0. The van der Waals surface area contributed by atoms with Crippen molar-refractivity contribution in [1.29, 1.82) is 0 Å². The highest BCUT2D eigenvalue weighted by molar-refractivity contribution is 7.80. The second-order valence-electron chi connectivity index (χ2n) is 3.78. The molecule has 19 heavy (non-hydrogen) atoms. The first-order valence-corrected chi connectivity index (χ1v) is 5.70. The summed E-state index contributed by atoms with van der Waals surface area (Å²) < 4.78 is 39.7. The van der Waals surface area contributed by atoms with Gasteiger partial charge in [0.05, 0.1) is 5.69 Å². The van der Waals surface area contributed by atoms with Crippen LogP contribution in [0.4, 0.5) is 24.5 Å². The minimum atomic E-state index is -1.27. The van der Waals surface area contributed by atoms with Crippen LogP contribution in [0.1, 0.15) is 5.56 Å². The maximum atomic E-state index is 13.5. The van der Waals surface area contributed by atoms with Crippen LogP contribution in [-0.2, 0) is 0 Å². The number of halogens is 3. The second-order valence-corrected chi connectivity index (χ2v) is 4.22. The van der Waals surface area contributed by atoms with Crippen LogP contribution in [0.2, 0.25) is 0 Å². The highest BCUT2D eigenvalue weighted by atomic mass is 32.1. The average Bonchev–Trinajstić information content (AvgIpc) is 2.35. The van der Waals surface area contributed by atoms with E-state index in [0.29, 0.717) is 17.3 Å². The molecule has 0 fully saturated rings. The first kappa shape index (κ1) is 13.4. The van der Waals surface area contributed by atoms with E-state index in [0.717, 1.165) is 6.07 Å². The normalized spacial score (nSPS) is 10.3. The molecule has 0 aliphatic rings. The molecule has 0 amide bonds. The molecule has 0 aliphatic carbocycles. The maximum absolute atomic E-state index is 13.5. The van der Waals surface area contributed by atoms with Gasteiger partial charge in [0.15, 0.2) is 11.6 Å². The Hall–Kier alpha value is -2.08. The molecule has 98 valence electrons. The zero-order valence-corrected chi connectivity index (χ0v) is 10.4. The number of thiocarbonyl (C=S) groups is 1. The Balaban J connectivity index is 2.45. The quantitative estimate of drug-likeness (QED) is 0.668. The lowest BCUT2D eigenvalue weighted by atomic mass is 10.1. The molecule has 0 atom stereocenters. The fourth-order valence-electron chi connectivity index (χ4n) is 1.60. The van der Waals surface area contributed by atoms with E-state index >= 15 is 0 Å². The third kappa shape index (κ3) is 2.85. The third-order valence-electron chi connectivity index (χ3n) is 2.45. The van der Waals surface area contributed by atoms with Crippen LogP contribution in [0.5, 0.6) is 0 Å². The summed E-state index contributed by atoms with van der Waals surface area (Å²) in [6, 6.07) is 7.89. The van der Waals surface area contributed by atoms with Crippen molar-refractivity contribution >= 4 is 28.6 Å². The van der Waals surface area contributed by atoms with Crippen LogP contribution in [0, 0.1) is 17.5 Å². The van der Waals surface area contributed by atoms with Gasteiger partial charge in [-0.3, -0.25) is 0 Å². The number of nitrogens with two attached hydrogens (primary N) is 1. The first-order chi connectivity index (χ1) is 8.99. The molecule has 0 saturated carbocycles. The van der Waals surface area contributed by atoms with Gasteiger partial charge >= 0.3 is 0 Å². The zero-order chi connectivity index (χ0) is 14.0. The molecule has 0 heterocycles. The van der Waals surface area contributed by atoms with Crippen LogP contribution in [0.15, 0.2) is 36.4 Å². The van der Waals surface area contributed by atoms with Gasteiger partial charge in [-0.1, -0.05) is 24.4 Å². The van der Waals surface area contributed by atoms with Crippen LogP contribution in [0.3, 0.4) is 0 Å². The van der Waals surface area contributed by atoms with Gasteiger partial charge in [0.1, 0.15) is 10.8 Å². The monoisotopic (exact) mass is 282 g/mol. The fraction of sp³-hybridized carbons (Fsp3) is 0. The molecule has 2 aromatic rings. The Bertz CT molecular complexity index is 644. The van der Waals surface area contributed by atoms with Crippen LogP contribution in [0.25, 0.3) is 0 Å². The van der Waals surface area contributed by atoms with Gasteiger partial charge < -0.3 is 11.1 Å². The van der Waals surface area contributed by atoms with Crippen LogP contribution >= 0.6 is 12.2 Å². The molecule has 6 heteroatoms. The summed E-state index contributed by atoms with van der Waals surface area (Å²) in [6.45, 7) is 0. The van der Waals surface area contributed by atoms with E-state index in [1.165, 1.54) is 0 Å². The summed E-state index contributed by atoms with van der Waals surface area (Å²) in [4.78, 5) is 0.0976. The molecule has 2 rings (SSSR count). The van der Waals surface area contributed by atoms with Crippen molar-refractivity contribution in [3.63, 3.8) is 0 Å². The van der Waals surface area contributed by atoms with Crippen molar-refractivity contribution in [2.45, 2.75) is 0 Å². The van der Waals surface area contributed by atoms with Gasteiger partial charge in [-0.15, -0.1) is 0 Å². The summed E-state index contributed by atoms with van der Waals surface area (Å²) in [5.74, 6) is -3.32. The van der Waals surface area contributed by atoms with E-state index in [2.05, 4.69) is 5.32 Å². The van der Waals surface area contributed by atoms with E-state index in [4.69, 9.17) is 18.0 Å². The largest absolute Gasteiger partial charge is 0.389 e. The minimum absolute atomic E-state index is 0.0976. The van der Waals surface area contributed by atoms with E-state index in [-0.39, 0.29) is 10.7 Å². The summed E-state index contributed by atoms with van der Waals surface area (Å²) in [5.41, 5.74) is 6.03. The molecule has 0 radical (unpaired) electrons. The molecule has 0 bridgehead atoms. The molecular weight excluding hydrogens is 273 g/mol. The number of hydrogen-bond donors (Lipinski definition) is 2. The highest BCUT2D eigenvalue weighted by Gasteiger charge is 2.13. The van der Waals surface area contributed by atoms with Crippen LogP contribution < -0.4 is 11.1 Å². The number of para-hydroxylation sites is 1. The predicted octanol–water partition coefficient (Wildman–Crippen LogP) is 3.48. The van der Waals surface area contributed by atoms with Crippen LogP contribution in [-0.4, -0.2) is 4.99 Å². The van der Waals surface area contributed by atoms with Gasteiger partial charge in [-0.2, -0.15) is 0 Å². The topological polar surface area (TPSA) is 38.0 Å². The van der Waals surface area contributed by atoms with Gasteiger partial charge in [0, 0.05) is 23.4 Å². The highest BCUT2D eigenvalue weighted by Crippen LogP contribution is 2.25. The third-order valence-corrected chi connectivity index (χ3v) is 2.67. The number of hydrogen-bond acceptors (Lipinski definition) is 2. The minimum Gasteiger partial charge on any atom is -0.389 e. The van der Waals surface area contributed by atoms with Gasteiger partial charge in [0.25, 0.3) is 0 Å². The molecule has 0 spiro atoms. The summed E-state index contributed by atoms with van der Waals surface area (Å²) >= 11 is 4.85. The van der Waals surface area contributed by atoms with Gasteiger partial charge in [-0.05, 0) is 12.1 Å². The van der Waals surface area contributed by atoms with Crippen molar-refractivity contribution in [3.05, 3.63) is 59.4 Å². The van der Waals surface area contributed by atoms with Gasteiger partial charge in [0.2, 0.25) is 0 Å². The first-order valence-electron chi connectivity index (χ1n) is 5.29.